The Labute approximate surface area is 232 Å². The van der Waals surface area contributed by atoms with Gasteiger partial charge in [0.15, 0.2) is 0 Å². The van der Waals surface area contributed by atoms with E-state index in [-0.39, 0.29) is 0 Å². The van der Waals surface area contributed by atoms with Crippen LogP contribution in [0.1, 0.15) is 39.1 Å². The van der Waals surface area contributed by atoms with E-state index in [0.29, 0.717) is 41.8 Å². The standard InChI is InChI=1S/C15H16BClF3NO2.C9H4BrClF3N/c1-13(2)14(3,4)23-16(22-13)9-5-8-6-12(15(18,19)20)21-11(8)7-10(9)17;10-5-1-4-2-8(9(12,13)14)15-7(4)3-6(5)11/h5-7,21H,1-4H3;1-3,15H. The Morgan fingerprint density at radius 2 is 1.13 bits per heavy atom. The maximum absolute atomic E-state index is 12.8. The highest BCUT2D eigenvalue weighted by molar-refractivity contribution is 9.10. The number of aromatic nitrogens is 2. The average Bonchev–Trinajstić information content (AvgIpc) is 3.41. The molecule has 1 aliphatic rings. The molecule has 1 saturated heterocycles. The van der Waals surface area contributed by atoms with E-state index in [1.54, 1.807) is 12.1 Å². The predicted molar refractivity (Wildman–Crippen MR) is 140 cm³/mol. The summed E-state index contributed by atoms with van der Waals surface area (Å²) in [7, 11) is -0.721. The molecule has 0 aliphatic carbocycles. The first-order valence-corrected chi connectivity index (χ1v) is 12.6. The van der Waals surface area contributed by atoms with Crippen LogP contribution in [-0.2, 0) is 21.7 Å². The molecule has 1 fully saturated rings. The summed E-state index contributed by atoms with van der Waals surface area (Å²) in [6.45, 7) is 7.60. The van der Waals surface area contributed by atoms with Crippen molar-refractivity contribution in [2.75, 3.05) is 0 Å². The van der Waals surface area contributed by atoms with Crippen molar-refractivity contribution < 1.29 is 35.7 Å². The summed E-state index contributed by atoms with van der Waals surface area (Å²) in [5.41, 5.74) is -1.47. The molecule has 0 amide bonds. The van der Waals surface area contributed by atoms with Gasteiger partial charge in [0, 0.05) is 31.4 Å². The van der Waals surface area contributed by atoms with Crippen molar-refractivity contribution in [3.63, 3.8) is 0 Å². The van der Waals surface area contributed by atoms with Crippen LogP contribution >= 0.6 is 39.1 Å². The minimum Gasteiger partial charge on any atom is -0.399 e. The number of benzene rings is 2. The number of nitrogens with one attached hydrogen (secondary N) is 2. The molecular weight excluding hydrogens is 624 g/mol. The number of rotatable bonds is 1. The molecule has 38 heavy (non-hydrogen) atoms. The summed E-state index contributed by atoms with van der Waals surface area (Å²) >= 11 is 15.1. The lowest BCUT2D eigenvalue weighted by molar-refractivity contribution is -0.141. The first kappa shape index (κ1) is 29.1. The summed E-state index contributed by atoms with van der Waals surface area (Å²) in [6.07, 6.45) is -8.80. The molecule has 3 heterocycles. The van der Waals surface area contributed by atoms with Crippen molar-refractivity contribution >= 4 is 73.5 Å². The minimum absolute atomic E-state index is 0.298. The van der Waals surface area contributed by atoms with Crippen molar-refractivity contribution in [3.8, 4) is 0 Å². The van der Waals surface area contributed by atoms with Gasteiger partial charge in [-0.15, -0.1) is 0 Å². The Bertz CT molecular complexity index is 1460. The lowest BCUT2D eigenvalue weighted by Crippen LogP contribution is -2.41. The summed E-state index contributed by atoms with van der Waals surface area (Å²) < 4.78 is 87.9. The second kappa shape index (κ2) is 9.66. The van der Waals surface area contributed by atoms with Gasteiger partial charge in [0.25, 0.3) is 0 Å². The van der Waals surface area contributed by atoms with Crippen LogP contribution in [0.4, 0.5) is 26.3 Å². The zero-order chi connectivity index (χ0) is 28.4. The second-order valence-corrected chi connectivity index (χ2v) is 11.4. The van der Waals surface area contributed by atoms with Crippen molar-refractivity contribution in [3.05, 3.63) is 62.3 Å². The molecule has 5 rings (SSSR count). The van der Waals surface area contributed by atoms with Crippen LogP contribution in [0.25, 0.3) is 21.8 Å². The van der Waals surface area contributed by atoms with Crippen molar-refractivity contribution in [2.24, 2.45) is 0 Å². The van der Waals surface area contributed by atoms with Crippen molar-refractivity contribution in [1.29, 1.82) is 0 Å². The average molecular weight is 644 g/mol. The first-order chi connectivity index (χ1) is 17.3. The van der Waals surface area contributed by atoms with E-state index >= 15 is 0 Å². The normalized spacial score (nSPS) is 17.2. The van der Waals surface area contributed by atoms with Gasteiger partial charge in [0.05, 0.1) is 16.2 Å². The molecule has 0 bridgehead atoms. The maximum atomic E-state index is 12.8. The van der Waals surface area contributed by atoms with Crippen molar-refractivity contribution in [1.82, 2.24) is 9.97 Å². The monoisotopic (exact) mass is 642 g/mol. The molecule has 4 nitrogen and oxygen atoms in total. The fourth-order valence-corrected chi connectivity index (χ4v) is 4.53. The highest BCUT2D eigenvalue weighted by Crippen LogP contribution is 2.38. The Hall–Kier alpha value is -1.86. The summed E-state index contributed by atoms with van der Waals surface area (Å²) in [5.74, 6) is 0. The van der Waals surface area contributed by atoms with E-state index in [9.17, 15) is 26.3 Å². The van der Waals surface area contributed by atoms with Crippen LogP contribution in [0, 0.1) is 0 Å². The number of halogens is 9. The van der Waals surface area contributed by atoms with Gasteiger partial charge in [-0.2, -0.15) is 26.3 Å². The smallest absolute Gasteiger partial charge is 0.399 e. The van der Waals surface area contributed by atoms with Crippen molar-refractivity contribution in [2.45, 2.75) is 51.2 Å². The zero-order valence-corrected chi connectivity index (χ0v) is 23.4. The lowest BCUT2D eigenvalue weighted by Gasteiger charge is -2.32. The van der Waals surface area contributed by atoms with Gasteiger partial charge in [0.1, 0.15) is 11.4 Å². The number of hydrogen-bond acceptors (Lipinski definition) is 2. The number of aromatic amines is 2. The van der Waals surface area contributed by atoms with E-state index in [1.165, 1.54) is 12.1 Å². The fourth-order valence-electron chi connectivity index (χ4n) is 3.75. The molecule has 4 aromatic rings. The van der Waals surface area contributed by atoms with Crippen LogP contribution < -0.4 is 5.46 Å². The SMILES string of the molecule is CC1(C)OB(c2cc3cc(C(F)(F)F)[nH]c3cc2Cl)OC1(C)C.FC(F)(F)c1cc2cc(Br)c(Cl)cc2[nH]1. The summed E-state index contributed by atoms with van der Waals surface area (Å²) in [6, 6.07) is 8.15. The fraction of sp³-hybridized carbons (Fsp3) is 0.333. The van der Waals surface area contributed by atoms with E-state index in [2.05, 4.69) is 25.9 Å². The molecule has 0 unspecified atom stereocenters. The van der Waals surface area contributed by atoms with Gasteiger partial charge in [-0.25, -0.2) is 0 Å². The molecule has 1 aliphatic heterocycles. The Morgan fingerprint density at radius 3 is 1.58 bits per heavy atom. The van der Waals surface area contributed by atoms with E-state index in [4.69, 9.17) is 32.5 Å². The Morgan fingerprint density at radius 1 is 0.711 bits per heavy atom. The van der Waals surface area contributed by atoms with Crippen LogP contribution in [0.15, 0.2) is 40.9 Å². The highest BCUT2D eigenvalue weighted by atomic mass is 79.9. The molecule has 2 N–H and O–H groups in total. The van der Waals surface area contributed by atoms with Gasteiger partial charge in [-0.1, -0.05) is 29.3 Å². The Balaban J connectivity index is 0.000000194. The van der Waals surface area contributed by atoms with Gasteiger partial charge in [0.2, 0.25) is 0 Å². The van der Waals surface area contributed by atoms with Crippen LogP contribution in [-0.4, -0.2) is 28.3 Å². The van der Waals surface area contributed by atoms with E-state index < -0.39 is 42.1 Å². The molecule has 0 saturated carbocycles. The summed E-state index contributed by atoms with van der Waals surface area (Å²) in [5, 5.41) is 1.55. The van der Waals surface area contributed by atoms with Gasteiger partial charge in [-0.3, -0.25) is 0 Å². The number of hydrogen-bond donors (Lipinski definition) is 2. The molecule has 0 radical (unpaired) electrons. The quantitative estimate of drug-likeness (QED) is 0.161. The minimum atomic E-state index is -4.43. The highest BCUT2D eigenvalue weighted by Gasteiger charge is 2.52. The van der Waals surface area contributed by atoms with Crippen LogP contribution in [0.5, 0.6) is 0 Å². The summed E-state index contributed by atoms with van der Waals surface area (Å²) in [4.78, 5) is 4.61. The van der Waals surface area contributed by atoms with Gasteiger partial charge in [-0.05, 0) is 79.3 Å². The zero-order valence-electron chi connectivity index (χ0n) is 20.3. The third-order valence-electron chi connectivity index (χ3n) is 6.52. The molecule has 2 aromatic carbocycles. The number of fused-ring (bicyclic) bond motifs is 2. The Kier molecular flexibility index (Phi) is 7.40. The molecule has 204 valence electrons. The van der Waals surface area contributed by atoms with Gasteiger partial charge >= 0.3 is 19.5 Å². The van der Waals surface area contributed by atoms with Crippen LogP contribution in [0.3, 0.4) is 0 Å². The van der Waals surface area contributed by atoms with Gasteiger partial charge < -0.3 is 19.3 Å². The third-order valence-corrected chi connectivity index (χ3v) is 8.04. The molecule has 0 atom stereocenters. The van der Waals surface area contributed by atoms with E-state index in [1.807, 2.05) is 27.7 Å². The topological polar surface area (TPSA) is 50.0 Å². The molecule has 14 heteroatoms. The maximum Gasteiger partial charge on any atom is 0.496 e. The molecule has 2 aromatic heterocycles. The predicted octanol–water partition coefficient (Wildman–Crippen LogP) is 8.74. The van der Waals surface area contributed by atoms with E-state index in [0.717, 1.165) is 12.1 Å². The number of H-pyrrole nitrogens is 2. The number of alkyl halides is 6. The largest absolute Gasteiger partial charge is 0.496 e. The lowest BCUT2D eigenvalue weighted by atomic mass is 9.78. The second-order valence-electron chi connectivity index (χ2n) is 9.76. The first-order valence-electron chi connectivity index (χ1n) is 11.1. The third kappa shape index (κ3) is 5.70. The molecular formula is C24H20BBrCl2F6N2O2. The van der Waals surface area contributed by atoms with Crippen LogP contribution in [0.2, 0.25) is 10.0 Å². The molecule has 0 spiro atoms.